The van der Waals surface area contributed by atoms with Gasteiger partial charge in [-0.25, -0.2) is 4.98 Å². The number of amides is 1. The van der Waals surface area contributed by atoms with Crippen LogP contribution in [-0.4, -0.2) is 48.0 Å². The predicted octanol–water partition coefficient (Wildman–Crippen LogP) is 2.86. The van der Waals surface area contributed by atoms with Crippen molar-refractivity contribution in [2.24, 2.45) is 0 Å². The van der Waals surface area contributed by atoms with Crippen LogP contribution in [0.15, 0.2) is 64.5 Å². The summed E-state index contributed by atoms with van der Waals surface area (Å²) < 4.78 is 5.81. The molecule has 11 nitrogen and oxygen atoms in total. The molecule has 36 heavy (non-hydrogen) atoms. The third-order valence-electron chi connectivity index (χ3n) is 4.97. The van der Waals surface area contributed by atoms with E-state index >= 15 is 0 Å². The van der Waals surface area contributed by atoms with Gasteiger partial charge in [0.1, 0.15) is 11.6 Å². The number of carbonyl (C=O) groups excluding carboxylic acids is 2. The minimum absolute atomic E-state index is 0. The summed E-state index contributed by atoms with van der Waals surface area (Å²) in [5.74, 6) is 1.66. The Morgan fingerprint density at radius 3 is 2.61 bits per heavy atom. The molecule has 1 atom stereocenters. The molecule has 0 aliphatic carbocycles. The van der Waals surface area contributed by atoms with Gasteiger partial charge in [-0.3, -0.25) is 0 Å². The number of allylic oxidation sites excluding steroid dienone is 1. The molecule has 186 valence electrons. The third kappa shape index (κ3) is 8.27. The number of aromatic nitrogens is 3. The van der Waals surface area contributed by atoms with Gasteiger partial charge in [-0.15, -0.1) is 10.8 Å². The van der Waals surface area contributed by atoms with E-state index in [2.05, 4.69) is 36.4 Å². The number of nitrogens with one attached hydrogen (secondary N) is 2. The van der Waals surface area contributed by atoms with Crippen LogP contribution in [0.5, 0.6) is 0 Å². The largest absolute Gasteiger partial charge is 2.00 e. The number of rotatable bonds is 6. The van der Waals surface area contributed by atoms with E-state index < -0.39 is 0 Å². The average Bonchev–Trinajstić information content (AvgIpc) is 3.37. The zero-order chi connectivity index (χ0) is 25.0. The summed E-state index contributed by atoms with van der Waals surface area (Å²) in [7, 11) is 3.46. The Morgan fingerprint density at radius 1 is 1.25 bits per heavy atom. The summed E-state index contributed by atoms with van der Waals surface area (Å²) in [6.45, 7) is 1.06. The van der Waals surface area contributed by atoms with Crippen molar-refractivity contribution >= 4 is 18.0 Å². The number of likely N-dealkylation sites (N-methyl/N-ethyl adjacent to an activating group) is 1. The number of nitrogens with zero attached hydrogens (tertiary/aromatic N) is 5. The van der Waals surface area contributed by atoms with Crippen LogP contribution in [0.3, 0.4) is 0 Å². The van der Waals surface area contributed by atoms with E-state index in [1.165, 1.54) is 0 Å². The Bertz CT molecular complexity index is 1140. The van der Waals surface area contributed by atoms with Crippen LogP contribution in [0.25, 0.3) is 22.1 Å². The number of nitrogens with two attached hydrogens (primary N) is 1. The molecule has 12 heteroatoms. The van der Waals surface area contributed by atoms with E-state index in [4.69, 9.17) is 10.2 Å². The number of hydrogen-bond donors (Lipinski definition) is 3. The van der Waals surface area contributed by atoms with Crippen molar-refractivity contribution in [3.05, 3.63) is 82.1 Å². The minimum Gasteiger partial charge on any atom is -0.659 e. The Morgan fingerprint density at radius 2 is 2.03 bits per heavy atom. The number of carbonyl (C=O) groups is 2. The smallest absolute Gasteiger partial charge is 0.659 e. The van der Waals surface area contributed by atoms with E-state index in [9.17, 15) is 9.59 Å². The topological polar surface area (TPSA) is 164 Å². The van der Waals surface area contributed by atoms with Gasteiger partial charge in [-0.2, -0.15) is 12.1 Å². The van der Waals surface area contributed by atoms with E-state index in [-0.39, 0.29) is 43.1 Å². The Balaban J connectivity index is 0.000000241. The maximum absolute atomic E-state index is 11.3. The van der Waals surface area contributed by atoms with E-state index in [1.54, 1.807) is 19.3 Å². The number of nitrogen functional groups attached to an aromatic ring is 1. The monoisotopic (exact) mass is 714 g/mol. The summed E-state index contributed by atoms with van der Waals surface area (Å²) >= 11 is 0. The molecular weight excluding hydrogens is 686 g/mol. The van der Waals surface area contributed by atoms with Gasteiger partial charge in [-0.05, 0) is 44.2 Å². The average molecular weight is 715 g/mol. The fourth-order valence-corrected chi connectivity index (χ4v) is 3.25. The van der Waals surface area contributed by atoms with E-state index in [0.29, 0.717) is 24.0 Å². The standard InChI is InChI=1S/C15H13N3O2.C6H10N4.C3H6NO.U/c19-14-13-11(18-14)7-6-10(17-13)12-8-16-15(20-12)9-4-2-1-3-5-9;1-8-4-5-2-3-6(7)10-9-5;1-4-2-3-5;/h1-5,8,10,17H,6-7H2,(H,18,19);2-3,8H,4H2,1H3,(H2,7,10);3H,2H2,1H3;/q;;-1;+2/p-1. The van der Waals surface area contributed by atoms with Crippen molar-refractivity contribution in [1.82, 2.24) is 25.8 Å². The first-order chi connectivity index (χ1) is 17.0. The SMILES string of the molecule is CNCc1ccc(N)nn1.C[N-]CC=O.O=C1[N-]C2=C1NC(c1cnc(-c3ccccc3)o1)CC2.[U+2]. The summed E-state index contributed by atoms with van der Waals surface area (Å²) in [4.78, 5) is 25.0. The molecule has 1 unspecified atom stereocenters. The van der Waals surface area contributed by atoms with Crippen molar-refractivity contribution in [3.63, 3.8) is 0 Å². The number of benzene rings is 1. The molecule has 3 aromatic rings. The first kappa shape index (κ1) is 29.2. The van der Waals surface area contributed by atoms with Crippen molar-refractivity contribution in [1.29, 1.82) is 0 Å². The summed E-state index contributed by atoms with van der Waals surface area (Å²) in [6, 6.07) is 13.3. The van der Waals surface area contributed by atoms with Crippen molar-refractivity contribution < 1.29 is 45.1 Å². The van der Waals surface area contributed by atoms with Gasteiger partial charge in [-0.1, -0.05) is 24.7 Å². The summed E-state index contributed by atoms with van der Waals surface area (Å²) in [5.41, 5.74) is 8.70. The first-order valence-electron chi connectivity index (χ1n) is 11.0. The molecule has 0 saturated heterocycles. The van der Waals surface area contributed by atoms with Crippen LogP contribution < -0.4 is 16.4 Å². The van der Waals surface area contributed by atoms with Crippen LogP contribution in [0, 0.1) is 31.1 Å². The van der Waals surface area contributed by atoms with Gasteiger partial charge in [0.15, 0.2) is 0 Å². The molecule has 2 aliphatic rings. The molecule has 5 rings (SSSR count). The van der Waals surface area contributed by atoms with Crippen molar-refractivity contribution in [2.75, 3.05) is 26.4 Å². The maximum Gasteiger partial charge on any atom is 2.00 e. The van der Waals surface area contributed by atoms with Crippen LogP contribution in [0.1, 0.15) is 30.3 Å². The minimum atomic E-state index is -0.160. The second kappa shape index (κ2) is 15.2. The molecule has 4 N–H and O–H groups in total. The van der Waals surface area contributed by atoms with Gasteiger partial charge < -0.3 is 41.0 Å². The fraction of sp³-hybridized carbons (Fsp3) is 0.292. The Kier molecular flexibility index (Phi) is 12.3. The van der Waals surface area contributed by atoms with Gasteiger partial charge in [0.2, 0.25) is 5.89 Å². The van der Waals surface area contributed by atoms with Gasteiger partial charge in [0.05, 0.1) is 30.1 Å². The quantitative estimate of drug-likeness (QED) is 0.326. The Labute approximate surface area is 233 Å². The molecule has 0 saturated carbocycles. The predicted molar refractivity (Wildman–Crippen MR) is 132 cm³/mol. The molecule has 2 aliphatic heterocycles. The summed E-state index contributed by atoms with van der Waals surface area (Å²) in [5, 5.41) is 21.0. The summed E-state index contributed by atoms with van der Waals surface area (Å²) in [6.07, 6.45) is 4.16. The third-order valence-corrected chi connectivity index (χ3v) is 4.97. The zero-order valence-electron chi connectivity index (χ0n) is 20.1. The van der Waals surface area contributed by atoms with Crippen LogP contribution in [0.2, 0.25) is 0 Å². The van der Waals surface area contributed by atoms with Crippen LogP contribution >= 0.6 is 0 Å². The second-order valence-electron chi connectivity index (χ2n) is 7.55. The maximum atomic E-state index is 11.3. The zero-order valence-corrected chi connectivity index (χ0v) is 24.3. The second-order valence-corrected chi connectivity index (χ2v) is 7.55. The number of hydrogen-bond acceptors (Lipinski definition) is 9. The Hall–Kier alpha value is -3.04. The first-order valence-corrected chi connectivity index (χ1v) is 11.0. The van der Waals surface area contributed by atoms with Gasteiger partial charge in [0, 0.05) is 17.8 Å². The molecule has 1 amide bonds. The molecule has 0 radical (unpaired) electrons. The van der Waals surface area contributed by atoms with Crippen LogP contribution in [0.4, 0.5) is 5.82 Å². The van der Waals surface area contributed by atoms with E-state index in [0.717, 1.165) is 48.4 Å². The van der Waals surface area contributed by atoms with Gasteiger partial charge >= 0.3 is 31.1 Å². The van der Waals surface area contributed by atoms with Gasteiger partial charge in [0.25, 0.3) is 0 Å². The number of anilines is 1. The molecular formula is C24H28N8O3U. The van der Waals surface area contributed by atoms with Crippen molar-refractivity contribution in [2.45, 2.75) is 25.4 Å². The molecule has 4 heterocycles. The number of aldehydes is 1. The van der Waals surface area contributed by atoms with Crippen LogP contribution in [-0.2, 0) is 16.1 Å². The molecule has 1 aromatic carbocycles. The molecule has 2 aromatic heterocycles. The molecule has 0 spiro atoms. The molecule has 0 fully saturated rings. The van der Waals surface area contributed by atoms with E-state index in [1.807, 2.05) is 43.4 Å². The normalized spacial score (nSPS) is 15.3. The van der Waals surface area contributed by atoms with Crippen molar-refractivity contribution in [3.8, 4) is 11.5 Å². The molecule has 0 bridgehead atoms. The number of oxazole rings is 1. The fourth-order valence-electron chi connectivity index (χ4n) is 3.25.